The second kappa shape index (κ2) is 6.17. The van der Waals surface area contributed by atoms with Crippen molar-refractivity contribution in [2.75, 3.05) is 11.5 Å². The Morgan fingerprint density at radius 2 is 1.58 bits per heavy atom. The number of rotatable bonds is 5. The number of benzene rings is 2. The standard InChI is InChI=1S/C15H14N2S2/c1-2-6-12(7-3-1)18-10-11-19-15-16-13-8-4-5-9-14(13)17-15/h1-9H,10-11H2,(H,16,17). The van der Waals surface area contributed by atoms with Gasteiger partial charge in [0, 0.05) is 16.4 Å². The van der Waals surface area contributed by atoms with Gasteiger partial charge >= 0.3 is 0 Å². The molecule has 0 atom stereocenters. The zero-order valence-corrected chi connectivity index (χ0v) is 12.0. The normalized spacial score (nSPS) is 10.9. The minimum Gasteiger partial charge on any atom is -0.333 e. The van der Waals surface area contributed by atoms with Crippen LogP contribution in [0.25, 0.3) is 11.0 Å². The van der Waals surface area contributed by atoms with Crippen LogP contribution in [0.5, 0.6) is 0 Å². The topological polar surface area (TPSA) is 28.7 Å². The average Bonchev–Trinajstić information content (AvgIpc) is 2.87. The van der Waals surface area contributed by atoms with Crippen LogP contribution in [-0.2, 0) is 0 Å². The van der Waals surface area contributed by atoms with Gasteiger partial charge in [-0.15, -0.1) is 11.8 Å². The highest BCUT2D eigenvalue weighted by Crippen LogP contribution is 2.22. The number of thioether (sulfide) groups is 2. The van der Waals surface area contributed by atoms with Crippen molar-refractivity contribution in [3.8, 4) is 0 Å². The molecule has 1 aromatic heterocycles. The predicted octanol–water partition coefficient (Wildman–Crippen LogP) is 4.45. The first-order valence-corrected chi connectivity index (χ1v) is 8.14. The summed E-state index contributed by atoms with van der Waals surface area (Å²) in [4.78, 5) is 9.22. The van der Waals surface area contributed by atoms with E-state index in [-0.39, 0.29) is 0 Å². The molecule has 0 spiro atoms. The molecule has 0 fully saturated rings. The van der Waals surface area contributed by atoms with Gasteiger partial charge in [-0.2, -0.15) is 0 Å². The summed E-state index contributed by atoms with van der Waals surface area (Å²) in [5.41, 5.74) is 2.15. The number of nitrogens with one attached hydrogen (secondary N) is 1. The maximum absolute atomic E-state index is 4.56. The van der Waals surface area contributed by atoms with Gasteiger partial charge in [0.05, 0.1) is 11.0 Å². The molecule has 0 radical (unpaired) electrons. The molecule has 2 aromatic carbocycles. The van der Waals surface area contributed by atoms with E-state index in [1.807, 2.05) is 36.0 Å². The van der Waals surface area contributed by atoms with Gasteiger partial charge in [-0.3, -0.25) is 0 Å². The van der Waals surface area contributed by atoms with Crippen LogP contribution in [0.1, 0.15) is 0 Å². The van der Waals surface area contributed by atoms with Crippen LogP contribution in [0.4, 0.5) is 0 Å². The van der Waals surface area contributed by atoms with Crippen molar-refractivity contribution in [3.05, 3.63) is 54.6 Å². The van der Waals surface area contributed by atoms with Crippen molar-refractivity contribution in [1.82, 2.24) is 9.97 Å². The van der Waals surface area contributed by atoms with Crippen LogP contribution in [0.3, 0.4) is 0 Å². The van der Waals surface area contributed by atoms with E-state index < -0.39 is 0 Å². The zero-order chi connectivity index (χ0) is 12.9. The van der Waals surface area contributed by atoms with Crippen LogP contribution in [0.2, 0.25) is 0 Å². The molecule has 0 amide bonds. The van der Waals surface area contributed by atoms with Gasteiger partial charge in [-0.05, 0) is 24.3 Å². The van der Waals surface area contributed by atoms with Crippen LogP contribution in [0, 0.1) is 0 Å². The Labute approximate surface area is 121 Å². The van der Waals surface area contributed by atoms with E-state index >= 15 is 0 Å². The lowest BCUT2D eigenvalue weighted by Crippen LogP contribution is -1.85. The van der Waals surface area contributed by atoms with E-state index in [4.69, 9.17) is 0 Å². The van der Waals surface area contributed by atoms with Crippen molar-refractivity contribution in [1.29, 1.82) is 0 Å². The van der Waals surface area contributed by atoms with E-state index in [1.165, 1.54) is 4.90 Å². The highest BCUT2D eigenvalue weighted by Gasteiger charge is 2.02. The first-order chi connectivity index (χ1) is 9.42. The Hall–Kier alpha value is -1.39. The lowest BCUT2D eigenvalue weighted by molar-refractivity contribution is 1.08. The summed E-state index contributed by atoms with van der Waals surface area (Å²) in [6.07, 6.45) is 0. The molecule has 0 aliphatic heterocycles. The maximum atomic E-state index is 4.56. The number of hydrogen-bond acceptors (Lipinski definition) is 3. The molecule has 0 bridgehead atoms. The fraction of sp³-hybridized carbons (Fsp3) is 0.133. The molecular formula is C15H14N2S2. The molecule has 0 saturated carbocycles. The third kappa shape index (κ3) is 3.33. The fourth-order valence-corrected chi connectivity index (χ4v) is 3.60. The summed E-state index contributed by atoms with van der Waals surface area (Å²) in [6, 6.07) is 18.6. The lowest BCUT2D eigenvalue weighted by atomic mass is 10.3. The largest absolute Gasteiger partial charge is 0.333 e. The summed E-state index contributed by atoms with van der Waals surface area (Å²) in [5.74, 6) is 2.14. The summed E-state index contributed by atoms with van der Waals surface area (Å²) in [5, 5.41) is 1.01. The van der Waals surface area contributed by atoms with Gasteiger partial charge in [0.2, 0.25) is 0 Å². The number of aromatic nitrogens is 2. The number of aromatic amines is 1. The molecule has 4 heteroatoms. The molecule has 3 aromatic rings. The van der Waals surface area contributed by atoms with E-state index in [1.54, 1.807) is 11.8 Å². The Bertz CT molecular complexity index is 616. The number of fused-ring (bicyclic) bond motifs is 1. The fourth-order valence-electron chi connectivity index (χ4n) is 1.81. The van der Waals surface area contributed by atoms with Gasteiger partial charge in [0.25, 0.3) is 0 Å². The molecule has 0 unspecified atom stereocenters. The van der Waals surface area contributed by atoms with Gasteiger partial charge in [0.15, 0.2) is 5.16 Å². The molecule has 96 valence electrons. The minimum absolute atomic E-state index is 1.01. The van der Waals surface area contributed by atoms with Crippen LogP contribution < -0.4 is 0 Å². The second-order valence-electron chi connectivity index (χ2n) is 4.07. The summed E-state index contributed by atoms with van der Waals surface area (Å²) in [6.45, 7) is 0. The van der Waals surface area contributed by atoms with Gasteiger partial charge in [-0.25, -0.2) is 4.98 Å². The van der Waals surface area contributed by atoms with Gasteiger partial charge in [0.1, 0.15) is 0 Å². The van der Waals surface area contributed by atoms with Crippen molar-refractivity contribution in [2.24, 2.45) is 0 Å². The Morgan fingerprint density at radius 1 is 0.842 bits per heavy atom. The van der Waals surface area contributed by atoms with Crippen molar-refractivity contribution >= 4 is 34.6 Å². The average molecular weight is 286 g/mol. The van der Waals surface area contributed by atoms with Crippen LogP contribution in [-0.4, -0.2) is 21.5 Å². The summed E-state index contributed by atoms with van der Waals surface area (Å²) in [7, 11) is 0. The Kier molecular flexibility index (Phi) is 4.10. The van der Waals surface area contributed by atoms with E-state index in [0.29, 0.717) is 0 Å². The number of hydrogen-bond donors (Lipinski definition) is 1. The lowest BCUT2D eigenvalue weighted by Gasteiger charge is -1.99. The van der Waals surface area contributed by atoms with Crippen LogP contribution >= 0.6 is 23.5 Å². The molecule has 19 heavy (non-hydrogen) atoms. The van der Waals surface area contributed by atoms with Gasteiger partial charge < -0.3 is 4.98 Å². The molecule has 1 N–H and O–H groups in total. The van der Waals surface area contributed by atoms with Gasteiger partial charge in [-0.1, -0.05) is 42.1 Å². The summed E-state index contributed by atoms with van der Waals surface area (Å²) >= 11 is 3.66. The highest BCUT2D eigenvalue weighted by molar-refractivity contribution is 8.02. The molecule has 2 nitrogen and oxygen atoms in total. The van der Waals surface area contributed by atoms with Crippen molar-refractivity contribution in [3.63, 3.8) is 0 Å². The third-order valence-electron chi connectivity index (χ3n) is 2.70. The van der Waals surface area contributed by atoms with E-state index in [9.17, 15) is 0 Å². The summed E-state index contributed by atoms with van der Waals surface area (Å²) < 4.78 is 0. The molecular weight excluding hydrogens is 272 g/mol. The number of imidazole rings is 1. The molecule has 0 aliphatic carbocycles. The second-order valence-corrected chi connectivity index (χ2v) is 6.32. The highest BCUT2D eigenvalue weighted by atomic mass is 32.2. The predicted molar refractivity (Wildman–Crippen MR) is 84.0 cm³/mol. The first kappa shape index (κ1) is 12.6. The maximum Gasteiger partial charge on any atom is 0.166 e. The molecule has 0 saturated heterocycles. The first-order valence-electron chi connectivity index (χ1n) is 6.17. The molecule has 1 heterocycles. The van der Waals surface area contributed by atoms with Crippen molar-refractivity contribution in [2.45, 2.75) is 10.1 Å². The zero-order valence-electron chi connectivity index (χ0n) is 10.4. The molecule has 3 rings (SSSR count). The van der Waals surface area contributed by atoms with E-state index in [0.717, 1.165) is 27.7 Å². The Balaban J connectivity index is 1.52. The molecule has 0 aliphatic rings. The van der Waals surface area contributed by atoms with Crippen molar-refractivity contribution < 1.29 is 0 Å². The third-order valence-corrected chi connectivity index (χ3v) is 4.85. The number of nitrogens with zero attached hydrogens (tertiary/aromatic N) is 1. The quantitative estimate of drug-likeness (QED) is 0.555. The van der Waals surface area contributed by atoms with E-state index in [2.05, 4.69) is 40.3 Å². The minimum atomic E-state index is 1.01. The Morgan fingerprint density at radius 3 is 2.42 bits per heavy atom. The van der Waals surface area contributed by atoms with Crippen LogP contribution in [0.15, 0.2) is 64.6 Å². The smallest absolute Gasteiger partial charge is 0.166 e. The number of H-pyrrole nitrogens is 1. The monoisotopic (exact) mass is 286 g/mol. The number of para-hydroxylation sites is 2. The SMILES string of the molecule is c1ccc(SCCSc2nc3ccccc3[nH]2)cc1.